The molecule has 0 spiro atoms. The van der Waals surface area contributed by atoms with Gasteiger partial charge in [-0.15, -0.1) is 0 Å². The number of halogens is 4. The number of alkyl halides is 3. The fourth-order valence-electron chi connectivity index (χ4n) is 4.56. The third-order valence-electron chi connectivity index (χ3n) is 6.39. The van der Waals surface area contributed by atoms with E-state index in [1.807, 2.05) is 0 Å². The standard InChI is InChI=1S/C25H25F4N3O2/c26-21-4-2-1-3-18(21)24-30-10-9-17(32-24)11-19-20(14-33)23(34)12-22(19)31-13-15-5-7-16(8-6-15)25(27,28)29/h1-10,19-20,22-23,31,33-34H,11-14H2/t19-,20-,22-,23-/m1/s1. The summed E-state index contributed by atoms with van der Waals surface area (Å²) in [5, 5.41) is 23.7. The maximum Gasteiger partial charge on any atom is 0.416 e. The third kappa shape index (κ3) is 5.43. The minimum absolute atomic E-state index is 0.183. The number of nitrogens with zero attached hydrogens (tertiary/aromatic N) is 2. The predicted octanol–water partition coefficient (Wildman–Crippen LogP) is 3.99. The molecule has 0 bridgehead atoms. The van der Waals surface area contributed by atoms with E-state index in [0.717, 1.165) is 12.1 Å². The van der Waals surface area contributed by atoms with E-state index < -0.39 is 29.6 Å². The van der Waals surface area contributed by atoms with Crippen molar-refractivity contribution in [1.82, 2.24) is 15.3 Å². The van der Waals surface area contributed by atoms with E-state index in [9.17, 15) is 27.8 Å². The highest BCUT2D eigenvalue weighted by Gasteiger charge is 2.42. The van der Waals surface area contributed by atoms with E-state index in [2.05, 4.69) is 15.3 Å². The summed E-state index contributed by atoms with van der Waals surface area (Å²) in [4.78, 5) is 8.67. The van der Waals surface area contributed by atoms with Crippen molar-refractivity contribution in [2.75, 3.05) is 6.61 Å². The molecule has 0 amide bonds. The summed E-state index contributed by atoms with van der Waals surface area (Å²) in [6, 6.07) is 12.7. The van der Waals surface area contributed by atoms with Gasteiger partial charge in [0.25, 0.3) is 0 Å². The van der Waals surface area contributed by atoms with Gasteiger partial charge in [0.1, 0.15) is 5.82 Å². The quantitative estimate of drug-likeness (QED) is 0.451. The molecule has 1 heterocycles. The third-order valence-corrected chi connectivity index (χ3v) is 6.39. The topological polar surface area (TPSA) is 78.3 Å². The average Bonchev–Trinajstić information content (AvgIpc) is 3.11. The number of hydrogen-bond acceptors (Lipinski definition) is 5. The number of aromatic nitrogens is 2. The Balaban J connectivity index is 1.49. The Morgan fingerprint density at radius 2 is 1.74 bits per heavy atom. The van der Waals surface area contributed by atoms with Crippen LogP contribution in [0.2, 0.25) is 0 Å². The monoisotopic (exact) mass is 475 g/mol. The molecule has 0 unspecified atom stereocenters. The van der Waals surface area contributed by atoms with Crippen molar-refractivity contribution in [1.29, 1.82) is 0 Å². The Hall–Kier alpha value is -2.88. The summed E-state index contributed by atoms with van der Waals surface area (Å²) in [7, 11) is 0. The first-order chi connectivity index (χ1) is 16.3. The molecule has 3 aromatic rings. The minimum atomic E-state index is -4.39. The number of benzene rings is 2. The molecule has 1 fully saturated rings. The van der Waals surface area contributed by atoms with Crippen molar-refractivity contribution >= 4 is 0 Å². The van der Waals surface area contributed by atoms with Gasteiger partial charge in [-0.2, -0.15) is 13.2 Å². The van der Waals surface area contributed by atoms with Gasteiger partial charge >= 0.3 is 6.18 Å². The van der Waals surface area contributed by atoms with Crippen LogP contribution in [0.4, 0.5) is 17.6 Å². The molecule has 3 N–H and O–H groups in total. The second-order valence-corrected chi connectivity index (χ2v) is 8.55. The zero-order valence-electron chi connectivity index (χ0n) is 18.2. The van der Waals surface area contributed by atoms with Crippen LogP contribution in [-0.4, -0.2) is 38.9 Å². The minimum Gasteiger partial charge on any atom is -0.396 e. The van der Waals surface area contributed by atoms with Gasteiger partial charge in [0, 0.05) is 37.0 Å². The number of nitrogens with one attached hydrogen (secondary N) is 1. The van der Waals surface area contributed by atoms with Gasteiger partial charge in [0.15, 0.2) is 5.82 Å². The van der Waals surface area contributed by atoms with Gasteiger partial charge < -0.3 is 15.5 Å². The molecule has 4 rings (SSSR count). The normalized spacial score (nSPS) is 22.8. The van der Waals surface area contributed by atoms with Gasteiger partial charge in [-0.25, -0.2) is 14.4 Å². The van der Waals surface area contributed by atoms with Crippen LogP contribution in [0.1, 0.15) is 23.2 Å². The Kier molecular flexibility index (Phi) is 7.25. The molecule has 0 aliphatic heterocycles. The lowest BCUT2D eigenvalue weighted by Gasteiger charge is -2.25. The number of aliphatic hydroxyl groups is 2. The summed E-state index contributed by atoms with van der Waals surface area (Å²) in [5.74, 6) is -0.751. The zero-order chi connectivity index (χ0) is 24.3. The van der Waals surface area contributed by atoms with E-state index in [1.54, 1.807) is 30.5 Å². The largest absolute Gasteiger partial charge is 0.416 e. The van der Waals surface area contributed by atoms with Crippen LogP contribution in [0.3, 0.4) is 0 Å². The highest BCUT2D eigenvalue weighted by Crippen LogP contribution is 2.35. The van der Waals surface area contributed by atoms with E-state index >= 15 is 0 Å². The van der Waals surface area contributed by atoms with Crippen LogP contribution >= 0.6 is 0 Å². The zero-order valence-corrected chi connectivity index (χ0v) is 18.2. The first kappa shape index (κ1) is 24.3. The van der Waals surface area contributed by atoms with E-state index in [-0.39, 0.29) is 30.0 Å². The first-order valence-corrected chi connectivity index (χ1v) is 11.0. The van der Waals surface area contributed by atoms with Crippen LogP contribution < -0.4 is 5.32 Å². The lowest BCUT2D eigenvalue weighted by molar-refractivity contribution is -0.137. The summed E-state index contributed by atoms with van der Waals surface area (Å²) < 4.78 is 52.6. The molecule has 9 heteroatoms. The molecule has 1 aromatic heterocycles. The van der Waals surface area contributed by atoms with Crippen LogP contribution in [-0.2, 0) is 19.1 Å². The number of hydrogen-bond donors (Lipinski definition) is 3. The Morgan fingerprint density at radius 1 is 1.00 bits per heavy atom. The molecule has 1 aliphatic rings. The smallest absolute Gasteiger partial charge is 0.396 e. The van der Waals surface area contributed by atoms with Gasteiger partial charge in [0.05, 0.1) is 17.2 Å². The van der Waals surface area contributed by atoms with Gasteiger partial charge in [-0.05, 0) is 54.7 Å². The SMILES string of the molecule is OC[C@@H]1[C@@H](Cc2ccnc(-c3ccccc3F)n2)[C@H](NCc2ccc(C(F)(F)F)cc2)C[C@H]1O. The lowest BCUT2D eigenvalue weighted by Crippen LogP contribution is -2.36. The molecule has 0 radical (unpaired) electrons. The number of rotatable bonds is 7. The van der Waals surface area contributed by atoms with Gasteiger partial charge in [-0.3, -0.25) is 0 Å². The van der Waals surface area contributed by atoms with Crippen LogP contribution in [0, 0.1) is 17.7 Å². The number of aliphatic hydroxyl groups excluding tert-OH is 2. The molecule has 0 saturated heterocycles. The van der Waals surface area contributed by atoms with E-state index in [4.69, 9.17) is 0 Å². The Morgan fingerprint density at radius 3 is 2.41 bits per heavy atom. The van der Waals surface area contributed by atoms with Gasteiger partial charge in [0.2, 0.25) is 0 Å². The molecule has 180 valence electrons. The second kappa shape index (κ2) is 10.2. The highest BCUT2D eigenvalue weighted by molar-refractivity contribution is 5.55. The average molecular weight is 475 g/mol. The fraction of sp³-hybridized carbons (Fsp3) is 0.360. The maximum atomic E-state index is 14.2. The summed E-state index contributed by atoms with van der Waals surface area (Å²) >= 11 is 0. The molecule has 5 nitrogen and oxygen atoms in total. The van der Waals surface area contributed by atoms with E-state index in [0.29, 0.717) is 30.6 Å². The highest BCUT2D eigenvalue weighted by atomic mass is 19.4. The van der Waals surface area contributed by atoms with Crippen LogP contribution in [0.5, 0.6) is 0 Å². The first-order valence-electron chi connectivity index (χ1n) is 11.0. The predicted molar refractivity (Wildman–Crippen MR) is 118 cm³/mol. The maximum absolute atomic E-state index is 14.2. The molecular formula is C25H25F4N3O2. The Bertz CT molecular complexity index is 1110. The summed E-state index contributed by atoms with van der Waals surface area (Å²) in [5.41, 5.74) is 0.899. The van der Waals surface area contributed by atoms with Crippen molar-refractivity contribution in [2.24, 2.45) is 11.8 Å². The summed E-state index contributed by atoms with van der Waals surface area (Å²) in [6.07, 6.45) is -2.76. The molecule has 1 aliphatic carbocycles. The molecule has 2 aromatic carbocycles. The Labute approximate surface area is 194 Å². The van der Waals surface area contributed by atoms with Crippen molar-refractivity contribution < 1.29 is 27.8 Å². The van der Waals surface area contributed by atoms with E-state index in [1.165, 1.54) is 18.2 Å². The van der Waals surface area contributed by atoms with Crippen LogP contribution in [0.15, 0.2) is 60.8 Å². The summed E-state index contributed by atoms with van der Waals surface area (Å²) in [6.45, 7) is 0.101. The molecule has 4 atom stereocenters. The van der Waals surface area contributed by atoms with Crippen molar-refractivity contribution in [3.05, 3.63) is 83.4 Å². The lowest BCUT2D eigenvalue weighted by atomic mass is 9.88. The van der Waals surface area contributed by atoms with Crippen molar-refractivity contribution in [2.45, 2.75) is 37.7 Å². The van der Waals surface area contributed by atoms with Crippen molar-refractivity contribution in [3.63, 3.8) is 0 Å². The van der Waals surface area contributed by atoms with Gasteiger partial charge in [-0.1, -0.05) is 24.3 Å². The fourth-order valence-corrected chi connectivity index (χ4v) is 4.56. The second-order valence-electron chi connectivity index (χ2n) is 8.55. The van der Waals surface area contributed by atoms with Crippen molar-refractivity contribution in [3.8, 4) is 11.4 Å². The molecular weight excluding hydrogens is 450 g/mol. The molecule has 34 heavy (non-hydrogen) atoms. The van der Waals surface area contributed by atoms with Crippen LogP contribution in [0.25, 0.3) is 11.4 Å². The molecule has 1 saturated carbocycles.